The summed E-state index contributed by atoms with van der Waals surface area (Å²) in [5.41, 5.74) is 6.61. The molecule has 0 radical (unpaired) electrons. The van der Waals surface area contributed by atoms with Crippen LogP contribution < -0.4 is 5.73 Å². The summed E-state index contributed by atoms with van der Waals surface area (Å²) in [5, 5.41) is 0. The minimum absolute atomic E-state index is 0.0842. The zero-order chi connectivity index (χ0) is 14.3. The van der Waals surface area contributed by atoms with Crippen LogP contribution in [0.5, 0.6) is 0 Å². The van der Waals surface area contributed by atoms with E-state index in [9.17, 15) is 4.79 Å². The lowest BCUT2D eigenvalue weighted by Crippen LogP contribution is -2.76. The molecular formula is C15H26N2O2. The van der Waals surface area contributed by atoms with Gasteiger partial charge in [0.15, 0.2) is 0 Å². The lowest BCUT2D eigenvalue weighted by Gasteiger charge is -2.58. The van der Waals surface area contributed by atoms with Gasteiger partial charge in [-0.1, -0.05) is 25.5 Å². The lowest BCUT2D eigenvalue weighted by atomic mass is 9.54. The average Bonchev–Trinajstić information content (AvgIpc) is 2.37. The van der Waals surface area contributed by atoms with Gasteiger partial charge in [-0.15, -0.1) is 0 Å². The second-order valence-electron chi connectivity index (χ2n) is 6.41. The van der Waals surface area contributed by atoms with Crippen LogP contribution in [0.25, 0.3) is 0 Å². The Bertz CT molecular complexity index is 403. The standard InChI is InChI=1S/C15H26N2O2/c1-5-19-12-9-15(16,14(12,3)4)13(18)17-8-6-7-11(2)10-17/h7,12H,5-6,8-10,16H2,1-4H3. The van der Waals surface area contributed by atoms with Gasteiger partial charge in [-0.05, 0) is 20.3 Å². The van der Waals surface area contributed by atoms with E-state index in [2.05, 4.69) is 13.0 Å². The van der Waals surface area contributed by atoms with Crippen molar-refractivity contribution in [2.75, 3.05) is 19.7 Å². The van der Waals surface area contributed by atoms with Crippen molar-refractivity contribution in [1.82, 2.24) is 4.90 Å². The molecule has 0 aromatic rings. The van der Waals surface area contributed by atoms with Gasteiger partial charge in [-0.2, -0.15) is 0 Å². The Hall–Kier alpha value is -0.870. The zero-order valence-corrected chi connectivity index (χ0v) is 12.5. The van der Waals surface area contributed by atoms with Crippen molar-refractivity contribution >= 4 is 5.91 Å². The van der Waals surface area contributed by atoms with Crippen molar-refractivity contribution < 1.29 is 9.53 Å². The molecule has 1 aliphatic heterocycles. The lowest BCUT2D eigenvalue weighted by molar-refractivity contribution is -0.179. The van der Waals surface area contributed by atoms with Crippen LogP contribution in [-0.2, 0) is 9.53 Å². The maximum atomic E-state index is 12.7. The number of rotatable bonds is 3. The van der Waals surface area contributed by atoms with Gasteiger partial charge in [0.2, 0.25) is 5.91 Å². The molecule has 4 heteroatoms. The summed E-state index contributed by atoms with van der Waals surface area (Å²) in [6.07, 6.45) is 3.85. The molecule has 0 saturated heterocycles. The quantitative estimate of drug-likeness (QED) is 0.791. The molecule has 0 spiro atoms. The number of hydrogen-bond donors (Lipinski definition) is 1. The van der Waals surface area contributed by atoms with E-state index in [1.807, 2.05) is 25.7 Å². The van der Waals surface area contributed by atoms with Crippen molar-refractivity contribution in [1.29, 1.82) is 0 Å². The highest BCUT2D eigenvalue weighted by molar-refractivity contribution is 5.89. The Kier molecular flexibility index (Phi) is 3.76. The van der Waals surface area contributed by atoms with Gasteiger partial charge in [0.05, 0.1) is 6.10 Å². The first-order valence-corrected chi connectivity index (χ1v) is 7.18. The fraction of sp³-hybridized carbons (Fsp3) is 0.800. The SMILES string of the molecule is CCOC1CC(N)(C(=O)N2CCC=C(C)C2)C1(C)C. The van der Waals surface area contributed by atoms with E-state index >= 15 is 0 Å². The van der Waals surface area contributed by atoms with E-state index < -0.39 is 5.54 Å². The summed E-state index contributed by atoms with van der Waals surface area (Å²) in [6.45, 7) is 10.3. The number of nitrogens with two attached hydrogens (primary N) is 1. The molecule has 2 unspecified atom stereocenters. The van der Waals surface area contributed by atoms with Crippen LogP contribution >= 0.6 is 0 Å². The smallest absolute Gasteiger partial charge is 0.243 e. The van der Waals surface area contributed by atoms with E-state index in [1.54, 1.807) is 0 Å². The normalized spacial score (nSPS) is 33.6. The summed E-state index contributed by atoms with van der Waals surface area (Å²) < 4.78 is 5.69. The molecule has 0 aromatic heterocycles. The predicted octanol–water partition coefficient (Wildman–Crippen LogP) is 1.70. The fourth-order valence-electron chi connectivity index (χ4n) is 3.17. The predicted molar refractivity (Wildman–Crippen MR) is 75.7 cm³/mol. The van der Waals surface area contributed by atoms with Gasteiger partial charge < -0.3 is 15.4 Å². The topological polar surface area (TPSA) is 55.6 Å². The Morgan fingerprint density at radius 1 is 1.58 bits per heavy atom. The third-order valence-corrected chi connectivity index (χ3v) is 4.83. The molecule has 2 N–H and O–H groups in total. The Labute approximate surface area is 116 Å². The minimum atomic E-state index is -0.773. The van der Waals surface area contributed by atoms with Gasteiger partial charge in [0.25, 0.3) is 0 Å². The molecule has 108 valence electrons. The summed E-state index contributed by atoms with van der Waals surface area (Å²) in [5.74, 6) is 0.0842. The number of carbonyl (C=O) groups is 1. The summed E-state index contributed by atoms with van der Waals surface area (Å²) in [7, 11) is 0. The number of nitrogens with zero attached hydrogens (tertiary/aromatic N) is 1. The molecule has 1 saturated carbocycles. The molecule has 0 bridgehead atoms. The van der Waals surface area contributed by atoms with E-state index in [0.29, 0.717) is 19.6 Å². The van der Waals surface area contributed by atoms with Crippen molar-refractivity contribution in [3.8, 4) is 0 Å². The highest BCUT2D eigenvalue weighted by Gasteiger charge is 2.63. The molecule has 2 rings (SSSR count). The molecular weight excluding hydrogens is 240 g/mol. The van der Waals surface area contributed by atoms with Gasteiger partial charge in [0, 0.05) is 31.5 Å². The molecule has 1 heterocycles. The summed E-state index contributed by atoms with van der Waals surface area (Å²) in [4.78, 5) is 14.6. The molecule has 2 aliphatic rings. The zero-order valence-electron chi connectivity index (χ0n) is 12.5. The number of ether oxygens (including phenoxy) is 1. The van der Waals surface area contributed by atoms with Gasteiger partial charge in [0.1, 0.15) is 5.54 Å². The third kappa shape index (κ3) is 2.21. The molecule has 1 amide bonds. The first-order chi connectivity index (χ1) is 8.83. The monoisotopic (exact) mass is 266 g/mol. The van der Waals surface area contributed by atoms with Crippen molar-refractivity contribution in [2.45, 2.75) is 52.2 Å². The van der Waals surface area contributed by atoms with E-state index in [-0.39, 0.29) is 17.4 Å². The van der Waals surface area contributed by atoms with Crippen LogP contribution in [0.1, 0.15) is 40.5 Å². The van der Waals surface area contributed by atoms with Gasteiger partial charge in [-0.25, -0.2) is 0 Å². The van der Waals surface area contributed by atoms with Gasteiger partial charge in [-0.3, -0.25) is 4.79 Å². The summed E-state index contributed by atoms with van der Waals surface area (Å²) >= 11 is 0. The highest BCUT2D eigenvalue weighted by atomic mass is 16.5. The van der Waals surface area contributed by atoms with E-state index in [4.69, 9.17) is 10.5 Å². The van der Waals surface area contributed by atoms with Crippen LogP contribution in [0.4, 0.5) is 0 Å². The average molecular weight is 266 g/mol. The van der Waals surface area contributed by atoms with Gasteiger partial charge >= 0.3 is 0 Å². The largest absolute Gasteiger partial charge is 0.378 e. The number of hydrogen-bond acceptors (Lipinski definition) is 3. The number of carbonyl (C=O) groups excluding carboxylic acids is 1. The van der Waals surface area contributed by atoms with E-state index in [0.717, 1.165) is 13.0 Å². The molecule has 19 heavy (non-hydrogen) atoms. The van der Waals surface area contributed by atoms with Crippen LogP contribution in [-0.4, -0.2) is 42.1 Å². The fourth-order valence-corrected chi connectivity index (χ4v) is 3.17. The highest BCUT2D eigenvalue weighted by Crippen LogP contribution is 2.50. The second-order valence-corrected chi connectivity index (χ2v) is 6.41. The second kappa shape index (κ2) is 4.91. The molecule has 1 fully saturated rings. The molecule has 2 atom stereocenters. The molecule has 0 aromatic carbocycles. The van der Waals surface area contributed by atoms with Crippen LogP contribution in [0.2, 0.25) is 0 Å². The maximum absolute atomic E-state index is 12.7. The van der Waals surface area contributed by atoms with Crippen molar-refractivity contribution in [3.63, 3.8) is 0 Å². The first kappa shape index (κ1) is 14.5. The van der Waals surface area contributed by atoms with Crippen LogP contribution in [0.3, 0.4) is 0 Å². The first-order valence-electron chi connectivity index (χ1n) is 7.18. The minimum Gasteiger partial charge on any atom is -0.378 e. The summed E-state index contributed by atoms with van der Waals surface area (Å²) in [6, 6.07) is 0. The number of amides is 1. The molecule has 4 nitrogen and oxygen atoms in total. The Morgan fingerprint density at radius 3 is 2.79 bits per heavy atom. The molecule has 1 aliphatic carbocycles. The Balaban J connectivity index is 2.09. The van der Waals surface area contributed by atoms with E-state index in [1.165, 1.54) is 5.57 Å². The Morgan fingerprint density at radius 2 is 2.26 bits per heavy atom. The van der Waals surface area contributed by atoms with Crippen LogP contribution in [0.15, 0.2) is 11.6 Å². The van der Waals surface area contributed by atoms with Crippen molar-refractivity contribution in [2.24, 2.45) is 11.1 Å². The van der Waals surface area contributed by atoms with Crippen LogP contribution in [0, 0.1) is 5.41 Å². The van der Waals surface area contributed by atoms with Crippen molar-refractivity contribution in [3.05, 3.63) is 11.6 Å². The maximum Gasteiger partial charge on any atom is 0.243 e. The third-order valence-electron chi connectivity index (χ3n) is 4.83.